The first-order valence-corrected chi connectivity index (χ1v) is 6.42. The van der Waals surface area contributed by atoms with E-state index in [1.54, 1.807) is 7.11 Å². The summed E-state index contributed by atoms with van der Waals surface area (Å²) in [6, 6.07) is 0. The van der Waals surface area contributed by atoms with Crippen LogP contribution >= 0.6 is 0 Å². The molecule has 0 saturated carbocycles. The molecule has 3 nitrogen and oxygen atoms in total. The highest BCUT2D eigenvalue weighted by Gasteiger charge is 2.19. The van der Waals surface area contributed by atoms with Crippen molar-refractivity contribution < 1.29 is 9.53 Å². The predicted octanol–water partition coefficient (Wildman–Crippen LogP) is 2.70. The first-order valence-electron chi connectivity index (χ1n) is 6.42. The fraction of sp³-hybridized carbons (Fsp3) is 0.923. The van der Waals surface area contributed by atoms with Crippen LogP contribution in [0.5, 0.6) is 0 Å². The van der Waals surface area contributed by atoms with Crippen molar-refractivity contribution in [1.29, 1.82) is 0 Å². The number of hydrogen-bond donors (Lipinski definition) is 0. The van der Waals surface area contributed by atoms with Gasteiger partial charge in [-0.05, 0) is 18.8 Å². The third-order valence-electron chi connectivity index (χ3n) is 2.66. The molecule has 0 N–H and O–H groups in total. The summed E-state index contributed by atoms with van der Waals surface area (Å²) >= 11 is 0. The number of carbonyl (C=O) groups is 1. The third-order valence-corrected chi connectivity index (χ3v) is 2.66. The summed E-state index contributed by atoms with van der Waals surface area (Å²) in [5, 5.41) is 0. The maximum absolute atomic E-state index is 11.5. The van der Waals surface area contributed by atoms with Crippen LogP contribution in [-0.4, -0.2) is 37.6 Å². The summed E-state index contributed by atoms with van der Waals surface area (Å²) in [6.45, 7) is 8.91. The molecule has 0 atom stereocenters. The van der Waals surface area contributed by atoms with Gasteiger partial charge in [0.1, 0.15) is 0 Å². The van der Waals surface area contributed by atoms with Crippen molar-refractivity contribution in [2.45, 2.75) is 46.5 Å². The third kappa shape index (κ3) is 6.83. The first kappa shape index (κ1) is 15.4. The van der Waals surface area contributed by atoms with Crippen molar-refractivity contribution in [3.05, 3.63) is 0 Å². The lowest BCUT2D eigenvalue weighted by Gasteiger charge is -2.30. The summed E-state index contributed by atoms with van der Waals surface area (Å²) in [7, 11) is 1.63. The first-order chi connectivity index (χ1) is 7.65. The smallest absolute Gasteiger partial charge is 0.224 e. The van der Waals surface area contributed by atoms with Crippen molar-refractivity contribution in [3.63, 3.8) is 0 Å². The summed E-state index contributed by atoms with van der Waals surface area (Å²) in [6.07, 6.45) is 4.09. The molecule has 0 spiro atoms. The Hall–Kier alpha value is -0.570. The molecule has 1 amide bonds. The fourth-order valence-corrected chi connectivity index (χ4v) is 1.61. The number of rotatable bonds is 3. The van der Waals surface area contributed by atoms with Gasteiger partial charge in [0.15, 0.2) is 0 Å². The Morgan fingerprint density at radius 3 is 2.25 bits per heavy atom. The van der Waals surface area contributed by atoms with Gasteiger partial charge in [-0.3, -0.25) is 4.79 Å². The van der Waals surface area contributed by atoms with Crippen LogP contribution in [0.3, 0.4) is 0 Å². The number of ether oxygens (including phenoxy) is 1. The minimum absolute atomic E-state index is 0.244. The SMILES string of the molecule is CCC.COCCC(=O)N1CCC(C)CC1. The highest BCUT2D eigenvalue weighted by molar-refractivity contribution is 5.76. The Labute approximate surface area is 100 Å². The average Bonchev–Trinajstić information content (AvgIpc) is 2.28. The Bertz CT molecular complexity index is 175. The highest BCUT2D eigenvalue weighted by atomic mass is 16.5. The molecule has 1 fully saturated rings. The lowest BCUT2D eigenvalue weighted by molar-refractivity contribution is -0.133. The summed E-state index contributed by atoms with van der Waals surface area (Å²) in [5.74, 6) is 1.03. The molecule has 1 heterocycles. The Kier molecular flexibility index (Phi) is 9.30. The van der Waals surface area contributed by atoms with Gasteiger partial charge >= 0.3 is 0 Å². The molecule has 1 rings (SSSR count). The minimum atomic E-state index is 0.244. The van der Waals surface area contributed by atoms with Crippen LogP contribution in [0.4, 0.5) is 0 Å². The molecule has 0 aromatic carbocycles. The second kappa shape index (κ2) is 9.64. The highest BCUT2D eigenvalue weighted by Crippen LogP contribution is 2.16. The van der Waals surface area contributed by atoms with Gasteiger partial charge in [-0.15, -0.1) is 0 Å². The molecule has 0 bridgehead atoms. The van der Waals surface area contributed by atoms with E-state index in [0.29, 0.717) is 13.0 Å². The average molecular weight is 229 g/mol. The van der Waals surface area contributed by atoms with Crippen molar-refractivity contribution in [3.8, 4) is 0 Å². The molecule has 1 aliphatic heterocycles. The van der Waals surface area contributed by atoms with E-state index in [0.717, 1.165) is 31.8 Å². The molecule has 1 aliphatic rings. The Morgan fingerprint density at radius 2 is 1.81 bits per heavy atom. The van der Waals surface area contributed by atoms with Gasteiger partial charge in [0.05, 0.1) is 13.0 Å². The van der Waals surface area contributed by atoms with Crippen LogP contribution in [0.1, 0.15) is 46.5 Å². The molecule has 96 valence electrons. The van der Waals surface area contributed by atoms with Gasteiger partial charge < -0.3 is 9.64 Å². The van der Waals surface area contributed by atoms with Gasteiger partial charge in [0.25, 0.3) is 0 Å². The predicted molar refractivity (Wildman–Crippen MR) is 67.4 cm³/mol. The number of nitrogens with zero attached hydrogens (tertiary/aromatic N) is 1. The normalized spacial score (nSPS) is 16.6. The van der Waals surface area contributed by atoms with Crippen molar-refractivity contribution in [2.24, 2.45) is 5.92 Å². The molecule has 0 aromatic heterocycles. The number of carbonyl (C=O) groups excluding carboxylic acids is 1. The van der Waals surface area contributed by atoms with Crippen LogP contribution in [-0.2, 0) is 9.53 Å². The number of amides is 1. The van der Waals surface area contributed by atoms with Crippen LogP contribution in [0.2, 0.25) is 0 Å². The van der Waals surface area contributed by atoms with E-state index in [1.807, 2.05) is 4.90 Å². The summed E-state index contributed by atoms with van der Waals surface area (Å²) in [5.41, 5.74) is 0. The number of hydrogen-bond acceptors (Lipinski definition) is 2. The molecule has 0 radical (unpaired) electrons. The lowest BCUT2D eigenvalue weighted by Crippen LogP contribution is -2.38. The van der Waals surface area contributed by atoms with E-state index >= 15 is 0 Å². The Morgan fingerprint density at radius 1 is 1.31 bits per heavy atom. The molecular weight excluding hydrogens is 202 g/mol. The zero-order chi connectivity index (χ0) is 12.4. The van der Waals surface area contributed by atoms with E-state index in [4.69, 9.17) is 4.74 Å². The van der Waals surface area contributed by atoms with E-state index in [2.05, 4.69) is 20.8 Å². The lowest BCUT2D eigenvalue weighted by atomic mass is 9.99. The van der Waals surface area contributed by atoms with E-state index < -0.39 is 0 Å². The minimum Gasteiger partial charge on any atom is -0.384 e. The van der Waals surface area contributed by atoms with Gasteiger partial charge in [0.2, 0.25) is 5.91 Å². The van der Waals surface area contributed by atoms with Gasteiger partial charge in [-0.2, -0.15) is 0 Å². The number of likely N-dealkylation sites (tertiary alicyclic amines) is 1. The molecule has 3 heteroatoms. The van der Waals surface area contributed by atoms with E-state index in [1.165, 1.54) is 6.42 Å². The Balaban J connectivity index is 0.000000673. The monoisotopic (exact) mass is 229 g/mol. The van der Waals surface area contributed by atoms with Gasteiger partial charge in [-0.1, -0.05) is 27.2 Å². The van der Waals surface area contributed by atoms with Gasteiger partial charge in [0, 0.05) is 20.2 Å². The molecule has 16 heavy (non-hydrogen) atoms. The summed E-state index contributed by atoms with van der Waals surface area (Å²) < 4.78 is 4.88. The second-order valence-electron chi connectivity index (χ2n) is 4.51. The maximum Gasteiger partial charge on any atom is 0.224 e. The van der Waals surface area contributed by atoms with Crippen molar-refractivity contribution in [2.75, 3.05) is 26.8 Å². The molecule has 0 unspecified atom stereocenters. The summed E-state index contributed by atoms with van der Waals surface area (Å²) in [4.78, 5) is 13.5. The number of methoxy groups -OCH3 is 1. The number of piperidine rings is 1. The molecular formula is C13H27NO2. The van der Waals surface area contributed by atoms with Crippen LogP contribution in [0.15, 0.2) is 0 Å². The topological polar surface area (TPSA) is 29.5 Å². The zero-order valence-electron chi connectivity index (χ0n) is 11.3. The van der Waals surface area contributed by atoms with Crippen LogP contribution in [0, 0.1) is 5.92 Å². The molecule has 1 saturated heterocycles. The molecule has 0 aliphatic carbocycles. The maximum atomic E-state index is 11.5. The van der Waals surface area contributed by atoms with Gasteiger partial charge in [-0.25, -0.2) is 0 Å². The van der Waals surface area contributed by atoms with E-state index in [-0.39, 0.29) is 5.91 Å². The van der Waals surface area contributed by atoms with E-state index in [9.17, 15) is 4.79 Å². The fourth-order valence-electron chi connectivity index (χ4n) is 1.61. The zero-order valence-corrected chi connectivity index (χ0v) is 11.3. The quantitative estimate of drug-likeness (QED) is 0.744. The van der Waals surface area contributed by atoms with Crippen LogP contribution < -0.4 is 0 Å². The van der Waals surface area contributed by atoms with Crippen LogP contribution in [0.25, 0.3) is 0 Å². The van der Waals surface area contributed by atoms with Crippen molar-refractivity contribution in [1.82, 2.24) is 4.90 Å². The standard InChI is InChI=1S/C10H19NO2.C3H8/c1-9-3-6-11(7-4-9)10(12)5-8-13-2;1-3-2/h9H,3-8H2,1-2H3;3H2,1-2H3. The van der Waals surface area contributed by atoms with Crippen molar-refractivity contribution >= 4 is 5.91 Å². The molecule has 0 aromatic rings. The second-order valence-corrected chi connectivity index (χ2v) is 4.51. The largest absolute Gasteiger partial charge is 0.384 e.